The van der Waals surface area contributed by atoms with Crippen LogP contribution in [0, 0.1) is 0 Å². The van der Waals surface area contributed by atoms with Gasteiger partial charge < -0.3 is 19.8 Å². The smallest absolute Gasteiger partial charge is 0.253 e. The van der Waals surface area contributed by atoms with Crippen LogP contribution >= 0.6 is 0 Å². The van der Waals surface area contributed by atoms with E-state index in [0.717, 1.165) is 5.56 Å². The summed E-state index contributed by atoms with van der Waals surface area (Å²) in [4.78, 5) is 13.8. The largest absolute Gasteiger partial charge is 0.495 e. The van der Waals surface area contributed by atoms with Gasteiger partial charge in [-0.25, -0.2) is 0 Å². The summed E-state index contributed by atoms with van der Waals surface area (Å²) in [6, 6.07) is 6.83. The first-order chi connectivity index (χ1) is 9.11. The van der Waals surface area contributed by atoms with Crippen LogP contribution in [0.5, 0.6) is 5.75 Å². The van der Waals surface area contributed by atoms with Crippen molar-refractivity contribution in [3.63, 3.8) is 0 Å². The average Bonchev–Trinajstić information content (AvgIpc) is 2.90. The molecule has 5 heteroatoms. The Hall–Kier alpha value is -2.43. The molecule has 0 spiro atoms. The highest BCUT2D eigenvalue weighted by atomic mass is 16.5. The maximum atomic E-state index is 12.2. The number of carbonyl (C=O) groups is 1. The number of hydrogen-bond donors (Lipinski definition) is 1. The second kappa shape index (κ2) is 5.48. The number of methoxy groups -OCH3 is 1. The lowest BCUT2D eigenvalue weighted by Crippen LogP contribution is -2.26. The molecule has 2 aromatic rings. The van der Waals surface area contributed by atoms with Crippen molar-refractivity contribution in [3.05, 3.63) is 47.9 Å². The molecule has 1 aromatic heterocycles. The standard InChI is InChI=1S/C14H16N2O3/c1-16(8-10-5-6-19-9-10)14(17)11-3-4-13(18-2)12(15)7-11/h3-7,9H,8,15H2,1-2H3. The van der Waals surface area contributed by atoms with Gasteiger partial charge in [0, 0.05) is 24.7 Å². The predicted octanol–water partition coefficient (Wildman–Crippen LogP) is 2.14. The number of amides is 1. The molecular weight excluding hydrogens is 244 g/mol. The van der Waals surface area contributed by atoms with Crippen LogP contribution in [-0.4, -0.2) is 25.0 Å². The molecule has 0 unspecified atom stereocenters. The maximum Gasteiger partial charge on any atom is 0.253 e. The molecule has 1 amide bonds. The highest BCUT2D eigenvalue weighted by Gasteiger charge is 2.14. The van der Waals surface area contributed by atoms with E-state index in [0.29, 0.717) is 23.5 Å². The summed E-state index contributed by atoms with van der Waals surface area (Å²) in [6.07, 6.45) is 3.20. The number of carbonyl (C=O) groups excluding carboxylic acids is 1. The van der Waals surface area contributed by atoms with Crippen LogP contribution in [0.2, 0.25) is 0 Å². The molecule has 0 saturated carbocycles. The van der Waals surface area contributed by atoms with Crippen LogP contribution in [0.25, 0.3) is 0 Å². The summed E-state index contributed by atoms with van der Waals surface area (Å²) >= 11 is 0. The highest BCUT2D eigenvalue weighted by molar-refractivity contribution is 5.95. The maximum absolute atomic E-state index is 12.2. The molecule has 0 saturated heterocycles. The quantitative estimate of drug-likeness (QED) is 0.855. The van der Waals surface area contributed by atoms with E-state index in [4.69, 9.17) is 14.9 Å². The van der Waals surface area contributed by atoms with Crippen molar-refractivity contribution in [2.24, 2.45) is 0 Å². The molecule has 5 nitrogen and oxygen atoms in total. The highest BCUT2D eigenvalue weighted by Crippen LogP contribution is 2.22. The minimum atomic E-state index is -0.101. The van der Waals surface area contributed by atoms with Gasteiger partial charge in [0.2, 0.25) is 0 Å². The van der Waals surface area contributed by atoms with E-state index in [1.165, 1.54) is 7.11 Å². The summed E-state index contributed by atoms with van der Waals surface area (Å²) < 4.78 is 10.0. The number of hydrogen-bond acceptors (Lipinski definition) is 4. The van der Waals surface area contributed by atoms with Gasteiger partial charge in [-0.05, 0) is 24.3 Å². The number of anilines is 1. The Morgan fingerprint density at radius 3 is 2.79 bits per heavy atom. The zero-order valence-electron chi connectivity index (χ0n) is 10.9. The molecule has 0 atom stereocenters. The van der Waals surface area contributed by atoms with Crippen molar-refractivity contribution < 1.29 is 13.9 Å². The minimum Gasteiger partial charge on any atom is -0.495 e. The molecule has 2 rings (SSSR count). The van der Waals surface area contributed by atoms with Gasteiger partial charge in [0.1, 0.15) is 5.75 Å². The van der Waals surface area contributed by atoms with Crippen molar-refractivity contribution in [2.45, 2.75) is 6.54 Å². The van der Waals surface area contributed by atoms with E-state index < -0.39 is 0 Å². The fourth-order valence-electron chi connectivity index (χ4n) is 1.82. The Morgan fingerprint density at radius 2 is 2.21 bits per heavy atom. The van der Waals surface area contributed by atoms with Crippen LogP contribution in [0.15, 0.2) is 41.2 Å². The zero-order valence-corrected chi connectivity index (χ0v) is 10.9. The molecule has 0 aliphatic heterocycles. The van der Waals surface area contributed by atoms with Crippen molar-refractivity contribution in [3.8, 4) is 5.75 Å². The zero-order chi connectivity index (χ0) is 13.8. The first kappa shape index (κ1) is 13.0. The van der Waals surface area contributed by atoms with E-state index in [2.05, 4.69) is 0 Å². The number of nitrogens with zero attached hydrogens (tertiary/aromatic N) is 1. The Morgan fingerprint density at radius 1 is 1.42 bits per heavy atom. The number of nitrogen functional groups attached to an aromatic ring is 1. The third-order valence-electron chi connectivity index (χ3n) is 2.82. The van der Waals surface area contributed by atoms with E-state index in [-0.39, 0.29) is 5.91 Å². The van der Waals surface area contributed by atoms with Crippen LogP contribution < -0.4 is 10.5 Å². The Labute approximate surface area is 111 Å². The first-order valence-electron chi connectivity index (χ1n) is 5.82. The molecule has 0 aliphatic rings. The van der Waals surface area contributed by atoms with Gasteiger partial charge in [-0.3, -0.25) is 4.79 Å². The molecule has 100 valence electrons. The predicted molar refractivity (Wildman–Crippen MR) is 71.9 cm³/mol. The lowest BCUT2D eigenvalue weighted by molar-refractivity contribution is 0.0785. The number of rotatable bonds is 4. The van der Waals surface area contributed by atoms with Crippen molar-refractivity contribution in [1.29, 1.82) is 0 Å². The van der Waals surface area contributed by atoms with Gasteiger partial charge in [0.05, 0.1) is 25.3 Å². The van der Waals surface area contributed by atoms with E-state index >= 15 is 0 Å². The molecule has 0 fully saturated rings. The molecule has 0 bridgehead atoms. The summed E-state index contributed by atoms with van der Waals surface area (Å²) in [5.74, 6) is 0.463. The monoisotopic (exact) mass is 260 g/mol. The van der Waals surface area contributed by atoms with E-state index in [9.17, 15) is 4.79 Å². The molecule has 2 N–H and O–H groups in total. The van der Waals surface area contributed by atoms with Gasteiger partial charge in [-0.2, -0.15) is 0 Å². The number of ether oxygens (including phenoxy) is 1. The third kappa shape index (κ3) is 2.88. The Bertz CT molecular complexity index is 564. The fraction of sp³-hybridized carbons (Fsp3) is 0.214. The number of furan rings is 1. The molecule has 1 heterocycles. The topological polar surface area (TPSA) is 68.7 Å². The normalized spacial score (nSPS) is 10.2. The Kier molecular flexibility index (Phi) is 3.75. The Balaban J connectivity index is 2.12. The van der Waals surface area contributed by atoms with Gasteiger partial charge in [0.25, 0.3) is 5.91 Å². The van der Waals surface area contributed by atoms with Crippen LogP contribution in [0.4, 0.5) is 5.69 Å². The molecule has 0 aliphatic carbocycles. The number of benzene rings is 1. The van der Waals surface area contributed by atoms with Gasteiger partial charge in [0.15, 0.2) is 0 Å². The lowest BCUT2D eigenvalue weighted by atomic mass is 10.1. The van der Waals surface area contributed by atoms with Crippen LogP contribution in [0.1, 0.15) is 15.9 Å². The molecular formula is C14H16N2O3. The fourth-order valence-corrected chi connectivity index (χ4v) is 1.82. The molecule has 1 aromatic carbocycles. The summed E-state index contributed by atoms with van der Waals surface area (Å²) in [5, 5.41) is 0. The average molecular weight is 260 g/mol. The lowest BCUT2D eigenvalue weighted by Gasteiger charge is -2.17. The molecule has 19 heavy (non-hydrogen) atoms. The van der Waals surface area contributed by atoms with E-state index in [1.54, 1.807) is 42.7 Å². The third-order valence-corrected chi connectivity index (χ3v) is 2.82. The van der Waals surface area contributed by atoms with Crippen molar-refractivity contribution >= 4 is 11.6 Å². The van der Waals surface area contributed by atoms with Crippen LogP contribution in [0.3, 0.4) is 0 Å². The molecule has 0 radical (unpaired) electrons. The second-order valence-electron chi connectivity index (χ2n) is 4.25. The van der Waals surface area contributed by atoms with E-state index in [1.807, 2.05) is 6.07 Å². The van der Waals surface area contributed by atoms with Crippen LogP contribution in [-0.2, 0) is 6.54 Å². The minimum absolute atomic E-state index is 0.101. The summed E-state index contributed by atoms with van der Waals surface area (Å²) in [5.41, 5.74) is 7.72. The van der Waals surface area contributed by atoms with Crippen molar-refractivity contribution in [1.82, 2.24) is 4.90 Å². The van der Waals surface area contributed by atoms with Gasteiger partial charge in [-0.15, -0.1) is 0 Å². The van der Waals surface area contributed by atoms with Crippen molar-refractivity contribution in [2.75, 3.05) is 19.9 Å². The first-order valence-corrected chi connectivity index (χ1v) is 5.82. The van der Waals surface area contributed by atoms with Gasteiger partial charge in [-0.1, -0.05) is 0 Å². The second-order valence-corrected chi connectivity index (χ2v) is 4.25. The summed E-state index contributed by atoms with van der Waals surface area (Å²) in [7, 11) is 3.27. The summed E-state index contributed by atoms with van der Waals surface area (Å²) in [6.45, 7) is 0.487. The van der Waals surface area contributed by atoms with Gasteiger partial charge >= 0.3 is 0 Å². The SMILES string of the molecule is COc1ccc(C(=O)N(C)Cc2ccoc2)cc1N. The number of nitrogens with two attached hydrogens (primary N) is 1.